The average molecular weight is 522 g/mol. The number of rotatable bonds is 10. The summed E-state index contributed by atoms with van der Waals surface area (Å²) in [5.74, 6) is -0.228. The Kier molecular flexibility index (Phi) is 8.38. The molecule has 1 aromatic carbocycles. The van der Waals surface area contributed by atoms with Gasteiger partial charge in [-0.05, 0) is 62.2 Å². The fraction of sp³-hybridized carbons (Fsp3) is 0.391. The van der Waals surface area contributed by atoms with Crippen LogP contribution in [0, 0.1) is 0 Å². The highest BCUT2D eigenvalue weighted by Crippen LogP contribution is 2.27. The van der Waals surface area contributed by atoms with Gasteiger partial charge < -0.3 is 15.2 Å². The molecule has 1 fully saturated rings. The molecule has 0 bridgehead atoms. The predicted octanol–water partition coefficient (Wildman–Crippen LogP) is 3.36. The van der Waals surface area contributed by atoms with Gasteiger partial charge in [-0.15, -0.1) is 11.3 Å². The lowest BCUT2D eigenvalue weighted by molar-refractivity contribution is 0.0951. The van der Waals surface area contributed by atoms with E-state index in [0.29, 0.717) is 33.9 Å². The topological polar surface area (TPSA) is 96.3 Å². The number of carbonyl (C=O) groups excluding carboxylic acids is 1. The van der Waals surface area contributed by atoms with E-state index in [4.69, 9.17) is 11.6 Å². The molecule has 8 nitrogen and oxygen atoms in total. The first-order chi connectivity index (χ1) is 16.4. The molecule has 2 aromatic heterocycles. The van der Waals surface area contributed by atoms with Crippen LogP contribution in [0.3, 0.4) is 0 Å². The van der Waals surface area contributed by atoms with Gasteiger partial charge in [0.05, 0.1) is 12.9 Å². The Morgan fingerprint density at radius 2 is 1.91 bits per heavy atom. The van der Waals surface area contributed by atoms with Crippen LogP contribution in [0.15, 0.2) is 59.3 Å². The number of nitrogens with one attached hydrogen (secondary N) is 2. The maximum atomic E-state index is 13.1. The molecule has 4 rings (SSSR count). The molecule has 34 heavy (non-hydrogen) atoms. The van der Waals surface area contributed by atoms with Crippen molar-refractivity contribution >= 4 is 38.9 Å². The van der Waals surface area contributed by atoms with Gasteiger partial charge in [0.1, 0.15) is 4.21 Å². The molecule has 1 amide bonds. The third kappa shape index (κ3) is 6.45. The minimum Gasteiger partial charge on any atom is -0.347 e. The van der Waals surface area contributed by atoms with Crippen molar-refractivity contribution in [3.8, 4) is 0 Å². The molecule has 1 aliphatic heterocycles. The molecule has 3 aromatic rings. The average Bonchev–Trinajstić information content (AvgIpc) is 3.54. The van der Waals surface area contributed by atoms with Crippen molar-refractivity contribution in [2.24, 2.45) is 0 Å². The van der Waals surface area contributed by atoms with E-state index in [1.54, 1.807) is 46.9 Å². The van der Waals surface area contributed by atoms with E-state index < -0.39 is 10.0 Å². The van der Waals surface area contributed by atoms with Gasteiger partial charge in [-0.1, -0.05) is 11.6 Å². The van der Waals surface area contributed by atoms with Crippen molar-refractivity contribution < 1.29 is 13.2 Å². The minimum absolute atomic E-state index is 0.228. The molecule has 2 N–H and O–H groups in total. The Morgan fingerprint density at radius 1 is 1.15 bits per heavy atom. The zero-order valence-electron chi connectivity index (χ0n) is 18.7. The van der Waals surface area contributed by atoms with Gasteiger partial charge in [-0.2, -0.15) is 4.31 Å². The number of sulfonamides is 1. The second-order valence-electron chi connectivity index (χ2n) is 8.20. The third-order valence-electron chi connectivity index (χ3n) is 5.80. The van der Waals surface area contributed by atoms with Gasteiger partial charge in [-0.25, -0.2) is 13.4 Å². The summed E-state index contributed by atoms with van der Waals surface area (Å²) < 4.78 is 30.1. The fourth-order valence-electron chi connectivity index (χ4n) is 3.88. The highest BCUT2D eigenvalue weighted by molar-refractivity contribution is 7.91. The molecular weight excluding hydrogens is 494 g/mol. The molecule has 0 unspecified atom stereocenters. The Bertz CT molecular complexity index is 1170. The van der Waals surface area contributed by atoms with Crippen LogP contribution in [0.4, 0.5) is 0 Å². The number of nitrogens with zero attached hydrogens (tertiary/aromatic N) is 3. The van der Waals surface area contributed by atoms with Crippen molar-refractivity contribution in [3.05, 3.63) is 70.6 Å². The van der Waals surface area contributed by atoms with Crippen LogP contribution in [0.1, 0.15) is 34.5 Å². The molecule has 11 heteroatoms. The lowest BCUT2D eigenvalue weighted by atomic mass is 10.1. The highest BCUT2D eigenvalue weighted by atomic mass is 35.5. The number of hydrogen-bond acceptors (Lipinski definition) is 6. The molecule has 182 valence electrons. The monoisotopic (exact) mass is 521 g/mol. The number of aryl methyl sites for hydroxylation is 1. The lowest BCUT2D eigenvalue weighted by Gasteiger charge is -2.31. The Labute approximate surface area is 209 Å². The Morgan fingerprint density at radius 3 is 2.62 bits per heavy atom. The lowest BCUT2D eigenvalue weighted by Crippen LogP contribution is -2.45. The standard InChI is InChI=1S/C23H28ClN5O3S2/c24-19-4-2-18(3-5-19)23(30)27-16-21-6-7-22(33-21)34(31,32)29-13-8-20(9-14-29)26-10-1-12-28-15-11-25-17-28/h2-7,11,15,17,20,26H,1,8-10,12-14,16H2,(H,27,30). The van der Waals surface area contributed by atoms with E-state index in [-0.39, 0.29) is 12.5 Å². The number of hydrogen-bond donors (Lipinski definition) is 2. The maximum absolute atomic E-state index is 13.1. The number of halogens is 1. The van der Waals surface area contributed by atoms with Crippen molar-refractivity contribution in [1.29, 1.82) is 0 Å². The molecule has 3 heterocycles. The maximum Gasteiger partial charge on any atom is 0.252 e. The third-order valence-corrected chi connectivity index (χ3v) is 9.50. The van der Waals surface area contributed by atoms with Crippen molar-refractivity contribution in [3.63, 3.8) is 0 Å². The van der Waals surface area contributed by atoms with Crippen LogP contribution in [0.25, 0.3) is 0 Å². The van der Waals surface area contributed by atoms with E-state index in [1.165, 1.54) is 11.3 Å². The van der Waals surface area contributed by atoms with Gasteiger partial charge >= 0.3 is 0 Å². The van der Waals surface area contributed by atoms with Crippen molar-refractivity contribution in [2.45, 2.75) is 42.6 Å². The second kappa shape index (κ2) is 11.5. The van der Waals surface area contributed by atoms with Crippen LogP contribution < -0.4 is 10.6 Å². The van der Waals surface area contributed by atoms with Crippen LogP contribution in [-0.4, -0.2) is 53.9 Å². The van der Waals surface area contributed by atoms with Crippen LogP contribution in [0.5, 0.6) is 0 Å². The summed E-state index contributed by atoms with van der Waals surface area (Å²) in [6.45, 7) is 3.09. The van der Waals surface area contributed by atoms with Crippen molar-refractivity contribution in [2.75, 3.05) is 19.6 Å². The van der Waals surface area contributed by atoms with Gasteiger partial charge in [0, 0.05) is 53.5 Å². The Balaban J connectivity index is 1.22. The second-order valence-corrected chi connectivity index (χ2v) is 12.0. The molecule has 1 saturated heterocycles. The number of thiophene rings is 1. The first-order valence-corrected chi connectivity index (χ1v) is 13.9. The summed E-state index contributed by atoms with van der Waals surface area (Å²) in [5, 5.41) is 6.93. The molecular formula is C23H28ClN5O3S2. The van der Waals surface area contributed by atoms with E-state index in [1.807, 2.05) is 12.5 Å². The van der Waals surface area contributed by atoms with Crippen LogP contribution >= 0.6 is 22.9 Å². The minimum atomic E-state index is -3.53. The van der Waals surface area contributed by atoms with Crippen LogP contribution in [-0.2, 0) is 23.1 Å². The normalized spacial score (nSPS) is 15.4. The van der Waals surface area contributed by atoms with E-state index in [9.17, 15) is 13.2 Å². The zero-order chi connectivity index (χ0) is 24.0. The fourth-order valence-corrected chi connectivity index (χ4v) is 6.92. The van der Waals surface area contributed by atoms with Gasteiger partial charge in [-0.3, -0.25) is 4.79 Å². The summed E-state index contributed by atoms with van der Waals surface area (Å²) in [6.07, 6.45) is 8.12. The van der Waals surface area contributed by atoms with E-state index in [2.05, 4.69) is 20.2 Å². The molecule has 0 spiro atoms. The molecule has 1 aliphatic rings. The zero-order valence-corrected chi connectivity index (χ0v) is 21.1. The van der Waals surface area contributed by atoms with E-state index in [0.717, 1.165) is 37.2 Å². The molecule has 0 aliphatic carbocycles. The first kappa shape index (κ1) is 24.9. The van der Waals surface area contributed by atoms with Gasteiger partial charge in [0.15, 0.2) is 0 Å². The summed E-state index contributed by atoms with van der Waals surface area (Å²) in [5.41, 5.74) is 0.506. The Hall–Kier alpha value is -2.24. The van der Waals surface area contributed by atoms with Gasteiger partial charge in [0.25, 0.3) is 15.9 Å². The molecule has 0 atom stereocenters. The summed E-state index contributed by atoms with van der Waals surface area (Å²) in [6, 6.07) is 10.3. The number of benzene rings is 1. The summed E-state index contributed by atoms with van der Waals surface area (Å²) in [4.78, 5) is 17.1. The first-order valence-electron chi connectivity index (χ1n) is 11.2. The number of piperidine rings is 1. The van der Waals surface area contributed by atoms with E-state index >= 15 is 0 Å². The molecule has 0 saturated carbocycles. The predicted molar refractivity (Wildman–Crippen MR) is 134 cm³/mol. The summed E-state index contributed by atoms with van der Waals surface area (Å²) >= 11 is 7.06. The van der Waals surface area contributed by atoms with Crippen LogP contribution in [0.2, 0.25) is 5.02 Å². The largest absolute Gasteiger partial charge is 0.347 e. The highest BCUT2D eigenvalue weighted by Gasteiger charge is 2.30. The van der Waals surface area contributed by atoms with Gasteiger partial charge in [0.2, 0.25) is 0 Å². The smallest absolute Gasteiger partial charge is 0.252 e. The van der Waals surface area contributed by atoms with Crippen molar-refractivity contribution in [1.82, 2.24) is 24.5 Å². The SMILES string of the molecule is O=C(NCc1ccc(S(=O)(=O)N2CCC(NCCCn3ccnc3)CC2)s1)c1ccc(Cl)cc1. The molecule has 0 radical (unpaired) electrons. The number of carbonyl (C=O) groups is 1. The number of imidazole rings is 1. The quantitative estimate of drug-likeness (QED) is 0.399. The summed E-state index contributed by atoms with van der Waals surface area (Å²) in [7, 11) is -3.53. The number of amides is 1. The number of aromatic nitrogens is 2.